The summed E-state index contributed by atoms with van der Waals surface area (Å²) in [5.41, 5.74) is 5.97. The van der Waals surface area contributed by atoms with Crippen LogP contribution in [0, 0.1) is 0 Å². The number of aromatic amines is 1. The number of nitrogen functional groups attached to an aromatic ring is 1. The number of nitrogens with zero attached hydrogens (tertiary/aromatic N) is 2. The molecule has 0 unspecified atom stereocenters. The third kappa shape index (κ3) is 2.39. The monoisotopic (exact) mass is 250 g/mol. The highest BCUT2D eigenvalue weighted by Gasteiger charge is 2.11. The molecule has 0 amide bonds. The number of H-pyrrole nitrogens is 1. The van der Waals surface area contributed by atoms with E-state index in [2.05, 4.69) is 15.0 Å². The second-order valence-electron chi connectivity index (χ2n) is 3.09. The smallest absolute Gasteiger partial charge is 0.294 e. The van der Waals surface area contributed by atoms with Crippen LogP contribution in [-0.2, 0) is 0 Å². The topological polar surface area (TPSA) is 93.9 Å². The average molecular weight is 250 g/mol. The fourth-order valence-electron chi connectivity index (χ4n) is 1.21. The Bertz CT molecular complexity index is 585. The lowest BCUT2D eigenvalue weighted by Gasteiger charge is -2.06. The molecule has 2 rings (SSSR count). The van der Waals surface area contributed by atoms with E-state index in [9.17, 15) is 4.79 Å². The summed E-state index contributed by atoms with van der Waals surface area (Å²) < 4.78 is 5.00. The van der Waals surface area contributed by atoms with Crippen LogP contribution in [0.2, 0.25) is 0 Å². The first-order chi connectivity index (χ1) is 8.22. The van der Waals surface area contributed by atoms with Gasteiger partial charge in [-0.15, -0.1) is 0 Å². The van der Waals surface area contributed by atoms with Gasteiger partial charge in [0.2, 0.25) is 5.75 Å². The molecule has 17 heavy (non-hydrogen) atoms. The lowest BCUT2D eigenvalue weighted by Crippen LogP contribution is -2.10. The van der Waals surface area contributed by atoms with Crippen molar-refractivity contribution in [1.29, 1.82) is 0 Å². The maximum atomic E-state index is 11.5. The van der Waals surface area contributed by atoms with Crippen LogP contribution in [0.3, 0.4) is 0 Å². The molecule has 0 aromatic carbocycles. The van der Waals surface area contributed by atoms with E-state index in [0.717, 1.165) is 4.90 Å². The summed E-state index contributed by atoms with van der Waals surface area (Å²) in [6.07, 6.45) is 4.49. The molecule has 6 nitrogen and oxygen atoms in total. The molecule has 0 spiro atoms. The van der Waals surface area contributed by atoms with Gasteiger partial charge < -0.3 is 15.5 Å². The zero-order chi connectivity index (χ0) is 12.3. The van der Waals surface area contributed by atoms with Crippen LogP contribution in [0.1, 0.15) is 0 Å². The molecule has 0 aliphatic carbocycles. The minimum absolute atomic E-state index is 0.175. The Labute approximate surface area is 101 Å². The summed E-state index contributed by atoms with van der Waals surface area (Å²) in [6, 6.07) is 1.75. The summed E-state index contributed by atoms with van der Waals surface area (Å²) in [5, 5.41) is 0.467. The number of nitrogens with two attached hydrogens (primary N) is 1. The molecule has 0 saturated carbocycles. The Morgan fingerprint density at radius 2 is 2.35 bits per heavy atom. The average Bonchev–Trinajstić information content (AvgIpc) is 2.32. The van der Waals surface area contributed by atoms with Gasteiger partial charge in [0, 0.05) is 11.1 Å². The molecular weight excluding hydrogens is 240 g/mol. The van der Waals surface area contributed by atoms with E-state index in [4.69, 9.17) is 10.5 Å². The highest BCUT2D eigenvalue weighted by Crippen LogP contribution is 2.33. The van der Waals surface area contributed by atoms with Crippen molar-refractivity contribution in [3.8, 4) is 5.75 Å². The predicted octanol–water partition coefficient (Wildman–Crippen LogP) is 0.907. The van der Waals surface area contributed by atoms with Gasteiger partial charge in [-0.25, -0.2) is 4.98 Å². The number of hydrogen-bond donors (Lipinski definition) is 2. The highest BCUT2D eigenvalue weighted by molar-refractivity contribution is 7.99. The lowest BCUT2D eigenvalue weighted by molar-refractivity contribution is 0.393. The maximum absolute atomic E-state index is 11.5. The molecule has 0 atom stereocenters. The minimum Gasteiger partial charge on any atom is -0.489 e. The lowest BCUT2D eigenvalue weighted by atomic mass is 10.4. The Kier molecular flexibility index (Phi) is 3.29. The SMILES string of the molecule is COc1c(Sc2ccncc2N)nc[nH]c1=O. The van der Waals surface area contributed by atoms with Crippen molar-refractivity contribution in [3.05, 3.63) is 35.1 Å². The van der Waals surface area contributed by atoms with E-state index < -0.39 is 0 Å². The first-order valence-electron chi connectivity index (χ1n) is 4.71. The molecule has 0 aliphatic heterocycles. The summed E-state index contributed by atoms with van der Waals surface area (Å²) >= 11 is 1.26. The van der Waals surface area contributed by atoms with Crippen molar-refractivity contribution in [3.63, 3.8) is 0 Å². The number of aromatic nitrogens is 3. The number of rotatable bonds is 3. The zero-order valence-electron chi connectivity index (χ0n) is 9.01. The quantitative estimate of drug-likeness (QED) is 0.786. The van der Waals surface area contributed by atoms with Gasteiger partial charge in [-0.1, -0.05) is 11.8 Å². The van der Waals surface area contributed by atoms with Crippen molar-refractivity contribution in [2.24, 2.45) is 0 Å². The van der Waals surface area contributed by atoms with E-state index in [1.807, 2.05) is 0 Å². The van der Waals surface area contributed by atoms with E-state index >= 15 is 0 Å². The van der Waals surface area contributed by atoms with Gasteiger partial charge in [0.05, 0.1) is 25.3 Å². The number of pyridine rings is 1. The van der Waals surface area contributed by atoms with Gasteiger partial charge in [-0.2, -0.15) is 0 Å². The van der Waals surface area contributed by atoms with E-state index in [1.165, 1.54) is 25.2 Å². The second kappa shape index (κ2) is 4.88. The van der Waals surface area contributed by atoms with Gasteiger partial charge in [0.25, 0.3) is 5.56 Å². The Hall–Kier alpha value is -2.02. The van der Waals surface area contributed by atoms with Gasteiger partial charge in [-0.3, -0.25) is 9.78 Å². The summed E-state index contributed by atoms with van der Waals surface area (Å²) in [7, 11) is 1.42. The normalized spacial score (nSPS) is 10.2. The van der Waals surface area contributed by atoms with Crippen molar-refractivity contribution in [2.45, 2.75) is 9.92 Å². The molecule has 2 aromatic heterocycles. The Morgan fingerprint density at radius 1 is 1.53 bits per heavy atom. The van der Waals surface area contributed by atoms with Crippen LogP contribution in [0.25, 0.3) is 0 Å². The van der Waals surface area contributed by atoms with Crippen molar-refractivity contribution in [2.75, 3.05) is 12.8 Å². The molecule has 0 radical (unpaired) electrons. The fourth-order valence-corrected chi connectivity index (χ4v) is 2.10. The van der Waals surface area contributed by atoms with E-state index in [0.29, 0.717) is 10.7 Å². The molecule has 3 N–H and O–H groups in total. The third-order valence-electron chi connectivity index (χ3n) is 2.00. The van der Waals surface area contributed by atoms with Gasteiger partial charge in [0.1, 0.15) is 0 Å². The molecule has 2 heterocycles. The number of anilines is 1. The van der Waals surface area contributed by atoms with Gasteiger partial charge >= 0.3 is 0 Å². The van der Waals surface area contributed by atoms with Gasteiger partial charge in [0.15, 0.2) is 5.03 Å². The first-order valence-corrected chi connectivity index (χ1v) is 5.53. The third-order valence-corrected chi connectivity index (χ3v) is 3.07. The molecule has 0 bridgehead atoms. The summed E-state index contributed by atoms with van der Waals surface area (Å²) in [5.74, 6) is 0.175. The largest absolute Gasteiger partial charge is 0.489 e. The molecular formula is C10H10N4O2S. The molecule has 2 aromatic rings. The van der Waals surface area contributed by atoms with Crippen molar-refractivity contribution >= 4 is 17.4 Å². The summed E-state index contributed by atoms with van der Waals surface area (Å²) in [4.78, 5) is 22.6. The standard InChI is InChI=1S/C10H10N4O2S/c1-16-8-9(15)13-5-14-10(8)17-7-2-3-12-4-6(7)11/h2-5H,11H2,1H3,(H,13,14,15). The van der Waals surface area contributed by atoms with Crippen LogP contribution in [0.4, 0.5) is 5.69 Å². The number of nitrogens with one attached hydrogen (secondary N) is 1. The number of hydrogen-bond acceptors (Lipinski definition) is 6. The van der Waals surface area contributed by atoms with E-state index in [1.54, 1.807) is 18.5 Å². The van der Waals surface area contributed by atoms with Crippen LogP contribution >= 0.6 is 11.8 Å². The second-order valence-corrected chi connectivity index (χ2v) is 4.12. The molecule has 88 valence electrons. The number of methoxy groups -OCH3 is 1. The predicted molar refractivity (Wildman–Crippen MR) is 64.2 cm³/mol. The first kappa shape index (κ1) is 11.5. The minimum atomic E-state index is -0.322. The van der Waals surface area contributed by atoms with Crippen LogP contribution in [-0.4, -0.2) is 22.1 Å². The maximum Gasteiger partial charge on any atom is 0.294 e. The summed E-state index contributed by atoms with van der Waals surface area (Å²) in [6.45, 7) is 0. The molecule has 7 heteroatoms. The number of ether oxygens (including phenoxy) is 1. The Morgan fingerprint density at radius 3 is 3.06 bits per heavy atom. The Balaban J connectivity index is 2.40. The van der Waals surface area contributed by atoms with Gasteiger partial charge in [-0.05, 0) is 6.07 Å². The molecule has 0 saturated heterocycles. The van der Waals surface area contributed by atoms with E-state index in [-0.39, 0.29) is 11.3 Å². The van der Waals surface area contributed by atoms with Crippen molar-refractivity contribution in [1.82, 2.24) is 15.0 Å². The van der Waals surface area contributed by atoms with Crippen LogP contribution < -0.4 is 16.0 Å². The molecule has 0 aliphatic rings. The van der Waals surface area contributed by atoms with Crippen molar-refractivity contribution < 1.29 is 4.74 Å². The fraction of sp³-hybridized carbons (Fsp3) is 0.100. The van der Waals surface area contributed by atoms with Crippen LogP contribution in [0.5, 0.6) is 5.75 Å². The van der Waals surface area contributed by atoms with Crippen LogP contribution in [0.15, 0.2) is 39.5 Å². The highest BCUT2D eigenvalue weighted by atomic mass is 32.2. The zero-order valence-corrected chi connectivity index (χ0v) is 9.82. The molecule has 0 fully saturated rings.